The predicted molar refractivity (Wildman–Crippen MR) is 92.8 cm³/mol. The van der Waals surface area contributed by atoms with Crippen molar-refractivity contribution in [3.8, 4) is 28.6 Å². The molecule has 0 radical (unpaired) electrons. The van der Waals surface area contributed by atoms with Crippen molar-refractivity contribution in [1.82, 2.24) is 10.1 Å². The van der Waals surface area contributed by atoms with Crippen molar-refractivity contribution >= 4 is 5.97 Å². The summed E-state index contributed by atoms with van der Waals surface area (Å²) in [7, 11) is 1.56. The average Bonchev–Trinajstić information content (AvgIpc) is 3.20. The molecular formula is C19H16N2O6. The van der Waals surface area contributed by atoms with Gasteiger partial charge in [0.25, 0.3) is 5.89 Å². The van der Waals surface area contributed by atoms with E-state index in [2.05, 4.69) is 10.1 Å². The molecule has 138 valence electrons. The number of hydrogen-bond donors (Lipinski definition) is 0. The number of nitrogens with zero attached hydrogens (tertiary/aromatic N) is 2. The van der Waals surface area contributed by atoms with E-state index >= 15 is 0 Å². The molecule has 8 heteroatoms. The average molecular weight is 368 g/mol. The number of para-hydroxylation sites is 1. The molecule has 2 aromatic carbocycles. The first kappa shape index (κ1) is 16.9. The molecule has 0 atom stereocenters. The lowest BCUT2D eigenvalue weighted by molar-refractivity contribution is 0.0429. The van der Waals surface area contributed by atoms with E-state index in [1.165, 1.54) is 0 Å². The second-order valence-electron chi connectivity index (χ2n) is 5.65. The van der Waals surface area contributed by atoms with Crippen LogP contribution in [0.1, 0.15) is 16.2 Å². The van der Waals surface area contributed by atoms with E-state index in [1.807, 2.05) is 18.2 Å². The maximum atomic E-state index is 12.3. The highest BCUT2D eigenvalue weighted by Gasteiger charge is 2.18. The first-order valence-electron chi connectivity index (χ1n) is 8.27. The molecule has 1 aromatic heterocycles. The van der Waals surface area contributed by atoms with Crippen molar-refractivity contribution in [1.29, 1.82) is 0 Å². The maximum Gasteiger partial charge on any atom is 0.338 e. The Morgan fingerprint density at radius 2 is 1.93 bits per heavy atom. The number of ether oxygens (including phenoxy) is 4. The Balaban J connectivity index is 1.43. The summed E-state index contributed by atoms with van der Waals surface area (Å²) in [4.78, 5) is 16.5. The van der Waals surface area contributed by atoms with Gasteiger partial charge in [-0.15, -0.1) is 0 Å². The molecule has 1 aliphatic heterocycles. The number of hydrogen-bond acceptors (Lipinski definition) is 8. The molecule has 8 nitrogen and oxygen atoms in total. The summed E-state index contributed by atoms with van der Waals surface area (Å²) in [6.07, 6.45) is 0. The van der Waals surface area contributed by atoms with Gasteiger partial charge in [-0.3, -0.25) is 0 Å². The van der Waals surface area contributed by atoms with Crippen LogP contribution in [0.25, 0.3) is 11.4 Å². The Morgan fingerprint density at radius 1 is 1.11 bits per heavy atom. The Morgan fingerprint density at radius 3 is 2.78 bits per heavy atom. The Hall–Kier alpha value is -3.55. The van der Waals surface area contributed by atoms with Gasteiger partial charge in [0.1, 0.15) is 19.0 Å². The number of benzene rings is 2. The lowest BCUT2D eigenvalue weighted by Gasteiger charge is -2.18. The summed E-state index contributed by atoms with van der Waals surface area (Å²) in [6.45, 7) is 0.789. The maximum absolute atomic E-state index is 12.3. The third-order valence-corrected chi connectivity index (χ3v) is 3.92. The van der Waals surface area contributed by atoms with E-state index in [0.717, 1.165) is 0 Å². The number of methoxy groups -OCH3 is 1. The summed E-state index contributed by atoms with van der Waals surface area (Å²) >= 11 is 0. The van der Waals surface area contributed by atoms with Crippen molar-refractivity contribution in [3.63, 3.8) is 0 Å². The zero-order chi connectivity index (χ0) is 18.6. The highest BCUT2D eigenvalue weighted by molar-refractivity contribution is 5.90. The summed E-state index contributed by atoms with van der Waals surface area (Å²) in [5.74, 6) is 1.77. The molecule has 4 rings (SSSR count). The number of rotatable bonds is 5. The van der Waals surface area contributed by atoms with Crippen LogP contribution >= 0.6 is 0 Å². The second kappa shape index (κ2) is 7.36. The SMILES string of the molecule is COc1ccccc1-c1noc(COC(=O)c2ccc3c(c2)OCCO3)n1. The van der Waals surface area contributed by atoms with E-state index < -0.39 is 5.97 Å². The number of fused-ring (bicyclic) bond motifs is 1. The summed E-state index contributed by atoms with van der Waals surface area (Å²) < 4.78 is 26.6. The molecule has 0 amide bonds. The van der Waals surface area contributed by atoms with Gasteiger partial charge in [0.15, 0.2) is 18.1 Å². The van der Waals surface area contributed by atoms with Crippen LogP contribution in [0.5, 0.6) is 17.2 Å². The predicted octanol–water partition coefficient (Wildman–Crippen LogP) is 2.87. The molecule has 0 N–H and O–H groups in total. The molecule has 2 heterocycles. The topological polar surface area (TPSA) is 92.9 Å². The summed E-state index contributed by atoms with van der Waals surface area (Å²) in [6, 6.07) is 12.2. The van der Waals surface area contributed by atoms with Crippen molar-refractivity contribution in [2.45, 2.75) is 6.61 Å². The largest absolute Gasteiger partial charge is 0.496 e. The van der Waals surface area contributed by atoms with Crippen LogP contribution in [0.3, 0.4) is 0 Å². The fraction of sp³-hybridized carbons (Fsp3) is 0.211. The minimum atomic E-state index is -0.524. The number of esters is 1. The van der Waals surface area contributed by atoms with Crippen molar-refractivity contribution < 1.29 is 28.3 Å². The highest BCUT2D eigenvalue weighted by atomic mass is 16.6. The van der Waals surface area contributed by atoms with E-state index in [0.29, 0.717) is 47.4 Å². The first-order valence-corrected chi connectivity index (χ1v) is 8.27. The standard InChI is InChI=1S/C19H16N2O6/c1-23-14-5-3-2-4-13(14)18-20-17(27-21-18)11-26-19(22)12-6-7-15-16(10-12)25-9-8-24-15/h2-7,10H,8-9,11H2,1H3. The number of carbonyl (C=O) groups excluding carboxylic acids is 1. The van der Waals surface area contributed by atoms with Crippen molar-refractivity contribution in [2.75, 3.05) is 20.3 Å². The molecule has 1 aliphatic rings. The molecule has 0 saturated heterocycles. The van der Waals surface area contributed by atoms with Gasteiger partial charge in [0, 0.05) is 0 Å². The van der Waals surface area contributed by atoms with Crippen molar-refractivity contribution in [2.24, 2.45) is 0 Å². The van der Waals surface area contributed by atoms with E-state index in [4.69, 9.17) is 23.5 Å². The van der Waals surface area contributed by atoms with Crippen LogP contribution in [0.2, 0.25) is 0 Å². The minimum Gasteiger partial charge on any atom is -0.496 e. The molecule has 0 spiro atoms. The minimum absolute atomic E-state index is 0.143. The van der Waals surface area contributed by atoms with Gasteiger partial charge in [-0.2, -0.15) is 4.98 Å². The van der Waals surface area contributed by atoms with Crippen LogP contribution < -0.4 is 14.2 Å². The second-order valence-corrected chi connectivity index (χ2v) is 5.65. The van der Waals surface area contributed by atoms with E-state index in [1.54, 1.807) is 31.4 Å². The quantitative estimate of drug-likeness (QED) is 0.635. The molecule has 27 heavy (non-hydrogen) atoms. The first-order chi connectivity index (χ1) is 13.2. The summed E-state index contributed by atoms with van der Waals surface area (Å²) in [5.41, 5.74) is 1.04. The fourth-order valence-electron chi connectivity index (χ4n) is 2.63. The van der Waals surface area contributed by atoms with Gasteiger partial charge in [-0.05, 0) is 30.3 Å². The summed E-state index contributed by atoms with van der Waals surface area (Å²) in [5, 5.41) is 3.91. The van der Waals surface area contributed by atoms with Crippen LogP contribution in [0, 0.1) is 0 Å². The van der Waals surface area contributed by atoms with Crippen LogP contribution in [0.15, 0.2) is 47.0 Å². The zero-order valence-corrected chi connectivity index (χ0v) is 14.5. The molecule has 3 aromatic rings. The van der Waals surface area contributed by atoms with Gasteiger partial charge in [0.05, 0.1) is 18.2 Å². The van der Waals surface area contributed by atoms with Crippen LogP contribution in [-0.4, -0.2) is 36.4 Å². The molecule has 0 unspecified atom stereocenters. The smallest absolute Gasteiger partial charge is 0.338 e. The number of aromatic nitrogens is 2. The lowest BCUT2D eigenvalue weighted by atomic mass is 10.2. The molecule has 0 aliphatic carbocycles. The Bertz CT molecular complexity index is 968. The van der Waals surface area contributed by atoms with Gasteiger partial charge in [-0.25, -0.2) is 4.79 Å². The molecule has 0 bridgehead atoms. The van der Waals surface area contributed by atoms with Crippen LogP contribution in [-0.2, 0) is 11.3 Å². The number of carbonyl (C=O) groups is 1. The fourth-order valence-corrected chi connectivity index (χ4v) is 2.63. The van der Waals surface area contributed by atoms with Gasteiger partial charge < -0.3 is 23.5 Å². The van der Waals surface area contributed by atoms with E-state index in [-0.39, 0.29) is 12.5 Å². The highest BCUT2D eigenvalue weighted by Crippen LogP contribution is 2.31. The third-order valence-electron chi connectivity index (χ3n) is 3.92. The lowest BCUT2D eigenvalue weighted by Crippen LogP contribution is -2.16. The Kier molecular flexibility index (Phi) is 4.61. The van der Waals surface area contributed by atoms with E-state index in [9.17, 15) is 4.79 Å². The zero-order valence-electron chi connectivity index (χ0n) is 14.5. The molecule has 0 fully saturated rings. The monoisotopic (exact) mass is 368 g/mol. The molecular weight excluding hydrogens is 352 g/mol. The van der Waals surface area contributed by atoms with Gasteiger partial charge in [0.2, 0.25) is 5.82 Å². The van der Waals surface area contributed by atoms with Gasteiger partial charge >= 0.3 is 5.97 Å². The van der Waals surface area contributed by atoms with Gasteiger partial charge in [-0.1, -0.05) is 17.3 Å². The third kappa shape index (κ3) is 3.55. The van der Waals surface area contributed by atoms with Crippen LogP contribution in [0.4, 0.5) is 0 Å². The normalized spacial score (nSPS) is 12.5. The molecule has 0 saturated carbocycles. The van der Waals surface area contributed by atoms with Crippen molar-refractivity contribution in [3.05, 3.63) is 53.9 Å². The Labute approximate surface area is 154 Å².